The van der Waals surface area contributed by atoms with Crippen molar-refractivity contribution in [2.75, 3.05) is 0 Å². The van der Waals surface area contributed by atoms with Gasteiger partial charge in [-0.1, -0.05) is 17.3 Å². The second-order valence-electron chi connectivity index (χ2n) is 6.06. The molecular weight excluding hydrogens is 276 g/mol. The molecule has 21 heavy (non-hydrogen) atoms. The van der Waals surface area contributed by atoms with Crippen molar-refractivity contribution in [3.8, 4) is 0 Å². The lowest BCUT2D eigenvalue weighted by Gasteiger charge is -2.34. The Balaban J connectivity index is 1.56. The Morgan fingerprint density at radius 1 is 1.24 bits per heavy atom. The summed E-state index contributed by atoms with van der Waals surface area (Å²) in [4.78, 5) is 4.37. The van der Waals surface area contributed by atoms with E-state index in [9.17, 15) is 8.78 Å². The zero-order valence-corrected chi connectivity index (χ0v) is 11.4. The normalized spacial score (nSPS) is 26.4. The molecule has 2 N–H and O–H groups in total. The number of hydrogen-bond acceptors (Lipinski definition) is 4. The Hall–Kier alpha value is -1.82. The smallest absolute Gasteiger partial charge is 0.230 e. The molecule has 2 saturated carbocycles. The van der Waals surface area contributed by atoms with Crippen LogP contribution in [0, 0.1) is 11.6 Å². The molecule has 0 aliphatic heterocycles. The topological polar surface area (TPSA) is 64.9 Å². The number of rotatable bonds is 3. The van der Waals surface area contributed by atoms with Gasteiger partial charge in [-0.25, -0.2) is 8.78 Å². The molecule has 0 amide bonds. The summed E-state index contributed by atoms with van der Waals surface area (Å²) in [5.41, 5.74) is 6.07. The highest BCUT2D eigenvalue weighted by atomic mass is 19.2. The Morgan fingerprint density at radius 3 is 2.76 bits per heavy atom. The lowest BCUT2D eigenvalue weighted by molar-refractivity contribution is 0.229. The maximum Gasteiger partial charge on any atom is 0.230 e. The predicted molar refractivity (Wildman–Crippen MR) is 70.5 cm³/mol. The minimum atomic E-state index is -0.820. The number of aromatic nitrogens is 2. The number of benzene rings is 1. The number of hydrogen-bond donors (Lipinski definition) is 1. The van der Waals surface area contributed by atoms with E-state index in [4.69, 9.17) is 10.3 Å². The van der Waals surface area contributed by atoms with E-state index in [2.05, 4.69) is 10.1 Å². The van der Waals surface area contributed by atoms with Gasteiger partial charge >= 0.3 is 0 Å². The van der Waals surface area contributed by atoms with Crippen molar-refractivity contribution in [2.24, 2.45) is 5.73 Å². The van der Waals surface area contributed by atoms with Gasteiger partial charge in [-0.2, -0.15) is 4.98 Å². The first-order valence-corrected chi connectivity index (χ1v) is 7.15. The lowest BCUT2D eigenvalue weighted by atomic mass is 9.77. The van der Waals surface area contributed by atoms with Crippen molar-refractivity contribution in [1.29, 1.82) is 0 Å². The van der Waals surface area contributed by atoms with Crippen molar-refractivity contribution in [3.05, 3.63) is 47.1 Å². The van der Waals surface area contributed by atoms with Gasteiger partial charge in [-0.05, 0) is 43.2 Å². The molecular formula is C15H15F2N3O. The third kappa shape index (κ3) is 1.97. The van der Waals surface area contributed by atoms with Crippen LogP contribution in [0.3, 0.4) is 0 Å². The van der Waals surface area contributed by atoms with Gasteiger partial charge in [0.15, 0.2) is 17.5 Å². The summed E-state index contributed by atoms with van der Waals surface area (Å²) in [6.45, 7) is 0. The van der Waals surface area contributed by atoms with E-state index in [1.165, 1.54) is 6.07 Å². The Labute approximate surface area is 120 Å². The van der Waals surface area contributed by atoms with Crippen LogP contribution in [0.4, 0.5) is 8.78 Å². The molecule has 6 heteroatoms. The fourth-order valence-electron chi connectivity index (χ4n) is 2.99. The zero-order valence-electron chi connectivity index (χ0n) is 11.4. The maximum absolute atomic E-state index is 13.8. The van der Waals surface area contributed by atoms with Crippen LogP contribution in [0.25, 0.3) is 0 Å². The highest BCUT2D eigenvalue weighted by Gasteiger charge is 2.47. The summed E-state index contributed by atoms with van der Waals surface area (Å²) in [7, 11) is 0. The molecule has 4 nitrogen and oxygen atoms in total. The number of nitrogens with two attached hydrogens (primary N) is 1. The lowest BCUT2D eigenvalue weighted by Crippen LogP contribution is -2.44. The van der Waals surface area contributed by atoms with Crippen molar-refractivity contribution in [2.45, 2.75) is 43.1 Å². The fraction of sp³-hybridized carbons (Fsp3) is 0.467. The Bertz CT molecular complexity index is 696. The van der Waals surface area contributed by atoms with Crippen molar-refractivity contribution < 1.29 is 13.3 Å². The van der Waals surface area contributed by atoms with E-state index in [1.54, 1.807) is 6.07 Å². The molecule has 110 valence electrons. The third-order valence-corrected chi connectivity index (χ3v) is 4.62. The van der Waals surface area contributed by atoms with Crippen LogP contribution in [0.15, 0.2) is 22.7 Å². The minimum absolute atomic E-state index is 0.0359. The van der Waals surface area contributed by atoms with Gasteiger partial charge in [0.05, 0.1) is 5.54 Å². The van der Waals surface area contributed by atoms with Crippen LogP contribution in [0.1, 0.15) is 54.8 Å². The van der Waals surface area contributed by atoms with Crippen molar-refractivity contribution in [1.82, 2.24) is 10.1 Å². The van der Waals surface area contributed by atoms with Gasteiger partial charge in [-0.15, -0.1) is 0 Å². The predicted octanol–water partition coefficient (Wildman–Crippen LogP) is 2.96. The van der Waals surface area contributed by atoms with Crippen LogP contribution in [0.5, 0.6) is 0 Å². The first-order valence-electron chi connectivity index (χ1n) is 7.15. The van der Waals surface area contributed by atoms with E-state index < -0.39 is 17.2 Å². The first-order chi connectivity index (χ1) is 10.1. The van der Waals surface area contributed by atoms with Crippen LogP contribution in [-0.2, 0) is 5.54 Å². The number of nitrogens with zero attached hydrogens (tertiary/aromatic N) is 2. The fourth-order valence-corrected chi connectivity index (χ4v) is 2.99. The SMILES string of the molecule is NC1(c2noc(C3CC3c3cccc(F)c3F)n2)CCC1. The monoisotopic (exact) mass is 291 g/mol. The zero-order chi connectivity index (χ0) is 14.6. The molecule has 1 aromatic heterocycles. The van der Waals surface area contributed by atoms with Crippen LogP contribution < -0.4 is 5.73 Å². The highest BCUT2D eigenvalue weighted by Crippen LogP contribution is 2.55. The molecule has 0 saturated heterocycles. The van der Waals surface area contributed by atoms with Gasteiger partial charge in [0, 0.05) is 5.92 Å². The van der Waals surface area contributed by atoms with Crippen molar-refractivity contribution in [3.63, 3.8) is 0 Å². The molecule has 2 aliphatic carbocycles. The third-order valence-electron chi connectivity index (χ3n) is 4.62. The molecule has 4 rings (SSSR count). The summed E-state index contributed by atoms with van der Waals surface area (Å²) in [6.07, 6.45) is 3.48. The molecule has 2 aromatic rings. The summed E-state index contributed by atoms with van der Waals surface area (Å²) >= 11 is 0. The standard InChI is InChI=1S/C15H15F2N3O/c16-11-4-1-3-8(12(11)17)9-7-10(9)13-19-14(20-21-13)15(18)5-2-6-15/h1,3-4,9-10H,2,5-7,18H2. The van der Waals surface area contributed by atoms with E-state index in [-0.39, 0.29) is 11.8 Å². The van der Waals surface area contributed by atoms with Gasteiger partial charge in [-0.3, -0.25) is 0 Å². The van der Waals surface area contributed by atoms with E-state index >= 15 is 0 Å². The van der Waals surface area contributed by atoms with E-state index in [1.807, 2.05) is 0 Å². The first kappa shape index (κ1) is 12.9. The molecule has 2 aliphatic rings. The van der Waals surface area contributed by atoms with E-state index in [0.29, 0.717) is 23.7 Å². The van der Waals surface area contributed by atoms with Gasteiger partial charge in [0.2, 0.25) is 5.89 Å². The molecule has 1 aromatic carbocycles. The molecule has 2 unspecified atom stereocenters. The maximum atomic E-state index is 13.8. The quantitative estimate of drug-likeness (QED) is 0.944. The number of halogens is 2. The van der Waals surface area contributed by atoms with Crippen molar-refractivity contribution >= 4 is 0 Å². The molecule has 0 bridgehead atoms. The van der Waals surface area contributed by atoms with Crippen LogP contribution in [-0.4, -0.2) is 10.1 Å². The summed E-state index contributed by atoms with van der Waals surface area (Å²) in [6, 6.07) is 4.25. The largest absolute Gasteiger partial charge is 0.339 e. The molecule has 2 atom stereocenters. The Morgan fingerprint density at radius 2 is 2.05 bits per heavy atom. The summed E-state index contributed by atoms with van der Waals surface area (Å²) in [5, 5.41) is 3.96. The van der Waals surface area contributed by atoms with Gasteiger partial charge < -0.3 is 10.3 Å². The summed E-state index contributed by atoms with van der Waals surface area (Å²) in [5.74, 6) is -0.710. The van der Waals surface area contributed by atoms with E-state index in [0.717, 1.165) is 25.3 Å². The Kier molecular flexibility index (Phi) is 2.66. The van der Waals surface area contributed by atoms with Crippen LogP contribution in [0.2, 0.25) is 0 Å². The second kappa shape index (κ2) is 4.34. The van der Waals surface area contributed by atoms with Gasteiger partial charge in [0.25, 0.3) is 0 Å². The highest BCUT2D eigenvalue weighted by molar-refractivity contribution is 5.32. The molecule has 1 heterocycles. The molecule has 0 spiro atoms. The molecule has 2 fully saturated rings. The van der Waals surface area contributed by atoms with Crippen LogP contribution >= 0.6 is 0 Å². The average molecular weight is 291 g/mol. The molecule has 0 radical (unpaired) electrons. The summed E-state index contributed by atoms with van der Waals surface area (Å²) < 4.78 is 32.3. The average Bonchev–Trinajstić information content (AvgIpc) is 3.07. The minimum Gasteiger partial charge on any atom is -0.339 e. The van der Waals surface area contributed by atoms with Gasteiger partial charge in [0.1, 0.15) is 0 Å². The second-order valence-corrected chi connectivity index (χ2v) is 6.06.